The first-order chi connectivity index (χ1) is 10.2. The minimum Gasteiger partial charge on any atom is -0.311 e. The Hall–Kier alpha value is -2.20. The smallest absolute Gasteiger partial charge is 0.261 e. The quantitative estimate of drug-likeness (QED) is 0.873. The summed E-state index contributed by atoms with van der Waals surface area (Å²) >= 11 is 0. The van der Waals surface area contributed by atoms with Crippen LogP contribution in [0.3, 0.4) is 0 Å². The minimum atomic E-state index is -0.472. The fourth-order valence-corrected chi connectivity index (χ4v) is 2.62. The van der Waals surface area contributed by atoms with Gasteiger partial charge in [-0.15, -0.1) is 0 Å². The van der Waals surface area contributed by atoms with Gasteiger partial charge in [0.1, 0.15) is 5.82 Å². The SMILES string of the molecule is Cc1ccc(F)c(C(=O)N2CCNCc3ccccc32)c1. The van der Waals surface area contributed by atoms with E-state index in [4.69, 9.17) is 0 Å². The molecule has 3 nitrogen and oxygen atoms in total. The summed E-state index contributed by atoms with van der Waals surface area (Å²) in [5.41, 5.74) is 2.91. The van der Waals surface area contributed by atoms with E-state index < -0.39 is 5.82 Å². The van der Waals surface area contributed by atoms with Gasteiger partial charge in [-0.05, 0) is 30.7 Å². The van der Waals surface area contributed by atoms with Gasteiger partial charge in [-0.25, -0.2) is 4.39 Å². The molecule has 108 valence electrons. The lowest BCUT2D eigenvalue weighted by atomic mass is 10.1. The fourth-order valence-electron chi connectivity index (χ4n) is 2.62. The number of halogens is 1. The maximum absolute atomic E-state index is 14.0. The first kappa shape index (κ1) is 13.8. The summed E-state index contributed by atoms with van der Waals surface area (Å²) in [5.74, 6) is -0.757. The van der Waals surface area contributed by atoms with Crippen LogP contribution in [0.15, 0.2) is 42.5 Å². The number of nitrogens with one attached hydrogen (secondary N) is 1. The molecule has 3 rings (SSSR count). The summed E-state index contributed by atoms with van der Waals surface area (Å²) in [6.07, 6.45) is 0. The highest BCUT2D eigenvalue weighted by atomic mass is 19.1. The minimum absolute atomic E-state index is 0.131. The lowest BCUT2D eigenvalue weighted by molar-refractivity contribution is 0.0983. The van der Waals surface area contributed by atoms with Gasteiger partial charge in [-0.3, -0.25) is 4.79 Å². The number of benzene rings is 2. The van der Waals surface area contributed by atoms with Crippen LogP contribution in [0.5, 0.6) is 0 Å². The number of carbonyl (C=O) groups is 1. The molecule has 0 spiro atoms. The van der Waals surface area contributed by atoms with Crippen molar-refractivity contribution in [1.82, 2.24) is 5.32 Å². The van der Waals surface area contributed by atoms with Crippen molar-refractivity contribution in [2.24, 2.45) is 0 Å². The molecule has 0 fully saturated rings. The number of fused-ring (bicyclic) bond motifs is 1. The lowest BCUT2D eigenvalue weighted by Crippen LogP contribution is -2.35. The fraction of sp³-hybridized carbons (Fsp3) is 0.235. The molecule has 0 atom stereocenters. The molecule has 2 aromatic carbocycles. The molecular weight excluding hydrogens is 267 g/mol. The Balaban J connectivity index is 2.03. The van der Waals surface area contributed by atoms with Gasteiger partial charge in [-0.2, -0.15) is 0 Å². The standard InChI is InChI=1S/C17H17FN2O/c1-12-6-7-15(18)14(10-12)17(21)20-9-8-19-11-13-4-2-3-5-16(13)20/h2-7,10,19H,8-9,11H2,1H3. The Labute approximate surface area is 123 Å². The molecule has 0 radical (unpaired) electrons. The van der Waals surface area contributed by atoms with E-state index in [1.165, 1.54) is 6.07 Å². The van der Waals surface area contributed by atoms with Crippen molar-refractivity contribution in [1.29, 1.82) is 0 Å². The lowest BCUT2D eigenvalue weighted by Gasteiger charge is -2.23. The van der Waals surface area contributed by atoms with Crippen molar-refractivity contribution in [2.75, 3.05) is 18.0 Å². The Kier molecular flexibility index (Phi) is 3.71. The van der Waals surface area contributed by atoms with Crippen molar-refractivity contribution in [3.63, 3.8) is 0 Å². The van der Waals surface area contributed by atoms with Gasteiger partial charge in [0.2, 0.25) is 0 Å². The van der Waals surface area contributed by atoms with Crippen molar-refractivity contribution in [3.05, 3.63) is 65.0 Å². The largest absolute Gasteiger partial charge is 0.311 e. The zero-order chi connectivity index (χ0) is 14.8. The van der Waals surface area contributed by atoms with Crippen LogP contribution in [0.1, 0.15) is 21.5 Å². The van der Waals surface area contributed by atoms with E-state index in [-0.39, 0.29) is 11.5 Å². The molecule has 1 N–H and O–H groups in total. The van der Waals surface area contributed by atoms with Gasteiger partial charge in [0.15, 0.2) is 0 Å². The Bertz CT molecular complexity index is 684. The van der Waals surface area contributed by atoms with Gasteiger partial charge in [-0.1, -0.05) is 29.8 Å². The molecule has 0 saturated heterocycles. The zero-order valence-electron chi connectivity index (χ0n) is 11.9. The summed E-state index contributed by atoms with van der Waals surface area (Å²) in [4.78, 5) is 14.4. The van der Waals surface area contributed by atoms with Gasteiger partial charge in [0.05, 0.1) is 5.56 Å². The predicted molar refractivity (Wildman–Crippen MR) is 81.0 cm³/mol. The molecule has 21 heavy (non-hydrogen) atoms. The van der Waals surface area contributed by atoms with Crippen molar-refractivity contribution in [2.45, 2.75) is 13.5 Å². The first-order valence-electron chi connectivity index (χ1n) is 7.03. The second kappa shape index (κ2) is 5.66. The van der Waals surface area contributed by atoms with Gasteiger partial charge in [0, 0.05) is 25.3 Å². The summed E-state index contributed by atoms with van der Waals surface area (Å²) in [7, 11) is 0. The van der Waals surface area contributed by atoms with E-state index in [1.54, 1.807) is 17.0 Å². The number of para-hydroxylation sites is 1. The number of carbonyl (C=O) groups excluding carboxylic acids is 1. The van der Waals surface area contributed by atoms with Crippen molar-refractivity contribution < 1.29 is 9.18 Å². The van der Waals surface area contributed by atoms with Crippen LogP contribution in [0, 0.1) is 12.7 Å². The van der Waals surface area contributed by atoms with E-state index in [9.17, 15) is 9.18 Å². The highest BCUT2D eigenvalue weighted by molar-refractivity contribution is 6.06. The van der Waals surface area contributed by atoms with Crippen LogP contribution in [0.4, 0.5) is 10.1 Å². The number of hydrogen-bond acceptors (Lipinski definition) is 2. The van der Waals surface area contributed by atoms with Crippen LogP contribution in [-0.2, 0) is 6.54 Å². The molecule has 1 aliphatic rings. The second-order valence-corrected chi connectivity index (χ2v) is 5.25. The highest BCUT2D eigenvalue weighted by Gasteiger charge is 2.24. The maximum atomic E-state index is 14.0. The molecule has 0 unspecified atom stereocenters. The zero-order valence-corrected chi connectivity index (χ0v) is 11.9. The maximum Gasteiger partial charge on any atom is 0.261 e. The van der Waals surface area contributed by atoms with Crippen molar-refractivity contribution in [3.8, 4) is 0 Å². The number of amides is 1. The average molecular weight is 284 g/mol. The highest BCUT2D eigenvalue weighted by Crippen LogP contribution is 2.24. The summed E-state index contributed by atoms with van der Waals surface area (Å²) in [6.45, 7) is 3.79. The van der Waals surface area contributed by atoms with Gasteiger partial charge < -0.3 is 10.2 Å². The molecule has 1 heterocycles. The number of aryl methyl sites for hydroxylation is 1. The molecule has 2 aromatic rings. The van der Waals surface area contributed by atoms with Crippen LogP contribution in [0.25, 0.3) is 0 Å². The summed E-state index contributed by atoms with van der Waals surface area (Å²) in [5, 5.41) is 3.28. The third-order valence-corrected chi connectivity index (χ3v) is 3.71. The topological polar surface area (TPSA) is 32.3 Å². The third kappa shape index (κ3) is 2.67. The van der Waals surface area contributed by atoms with Crippen LogP contribution in [0.2, 0.25) is 0 Å². The van der Waals surface area contributed by atoms with E-state index >= 15 is 0 Å². The Morgan fingerprint density at radius 3 is 2.90 bits per heavy atom. The Morgan fingerprint density at radius 2 is 2.05 bits per heavy atom. The van der Waals surface area contributed by atoms with E-state index in [0.717, 1.165) is 23.4 Å². The van der Waals surface area contributed by atoms with E-state index in [2.05, 4.69) is 5.32 Å². The second-order valence-electron chi connectivity index (χ2n) is 5.25. The molecule has 0 aromatic heterocycles. The summed E-state index contributed by atoms with van der Waals surface area (Å²) in [6, 6.07) is 12.4. The number of rotatable bonds is 1. The predicted octanol–water partition coefficient (Wildman–Crippen LogP) is 2.88. The number of hydrogen-bond donors (Lipinski definition) is 1. The summed E-state index contributed by atoms with van der Waals surface area (Å²) < 4.78 is 14.0. The number of nitrogens with zero attached hydrogens (tertiary/aromatic N) is 1. The monoisotopic (exact) mass is 284 g/mol. The molecular formula is C17H17FN2O. The normalized spacial score (nSPS) is 14.5. The Morgan fingerprint density at radius 1 is 1.24 bits per heavy atom. The molecule has 0 saturated carbocycles. The molecule has 0 aliphatic carbocycles. The number of anilines is 1. The van der Waals surface area contributed by atoms with Crippen molar-refractivity contribution >= 4 is 11.6 Å². The van der Waals surface area contributed by atoms with Crippen LogP contribution < -0.4 is 10.2 Å². The van der Waals surface area contributed by atoms with Crippen LogP contribution in [-0.4, -0.2) is 19.0 Å². The van der Waals surface area contributed by atoms with E-state index in [0.29, 0.717) is 13.1 Å². The molecule has 1 aliphatic heterocycles. The third-order valence-electron chi connectivity index (χ3n) is 3.71. The van der Waals surface area contributed by atoms with E-state index in [1.807, 2.05) is 31.2 Å². The molecule has 4 heteroatoms. The first-order valence-corrected chi connectivity index (χ1v) is 7.03. The van der Waals surface area contributed by atoms with Gasteiger partial charge in [0.25, 0.3) is 5.91 Å². The van der Waals surface area contributed by atoms with Gasteiger partial charge >= 0.3 is 0 Å². The molecule has 1 amide bonds. The van der Waals surface area contributed by atoms with Crippen LogP contribution >= 0.6 is 0 Å². The average Bonchev–Trinajstić information content (AvgIpc) is 2.71. The molecule has 0 bridgehead atoms.